The van der Waals surface area contributed by atoms with Crippen LogP contribution in [0.25, 0.3) is 16.7 Å². The molecule has 0 bridgehead atoms. The number of fused-ring (bicyclic) bond motifs is 1. The van der Waals surface area contributed by atoms with Gasteiger partial charge in [-0.15, -0.1) is 0 Å². The molecule has 0 atom stereocenters. The van der Waals surface area contributed by atoms with Crippen molar-refractivity contribution in [1.82, 2.24) is 9.55 Å². The topological polar surface area (TPSA) is 20.7 Å². The fraction of sp³-hybridized carbons (Fsp3) is 0. The normalized spacial score (nSPS) is 11.2. The van der Waals surface area contributed by atoms with Gasteiger partial charge in [-0.1, -0.05) is 23.2 Å². The molecular formula is C13H6BrCl2FN2S. The minimum atomic E-state index is -0.348. The van der Waals surface area contributed by atoms with Gasteiger partial charge in [-0.3, -0.25) is 4.57 Å². The van der Waals surface area contributed by atoms with E-state index >= 15 is 0 Å². The van der Waals surface area contributed by atoms with Gasteiger partial charge < -0.3 is 4.98 Å². The first kappa shape index (κ1) is 14.1. The lowest BCUT2D eigenvalue weighted by molar-refractivity contribution is 0.626. The highest BCUT2D eigenvalue weighted by atomic mass is 79.9. The minimum absolute atomic E-state index is 0.348. The summed E-state index contributed by atoms with van der Waals surface area (Å²) >= 11 is 20.7. The number of nitrogens with one attached hydrogen (secondary N) is 1. The number of rotatable bonds is 1. The number of imidazole rings is 1. The molecule has 2 nitrogen and oxygen atoms in total. The molecule has 0 fully saturated rings. The Morgan fingerprint density at radius 1 is 1.15 bits per heavy atom. The average molecular weight is 392 g/mol. The second kappa shape index (κ2) is 5.15. The molecule has 0 aliphatic heterocycles. The van der Waals surface area contributed by atoms with Crippen molar-refractivity contribution in [3.63, 3.8) is 0 Å². The van der Waals surface area contributed by atoms with E-state index in [0.717, 1.165) is 15.5 Å². The van der Waals surface area contributed by atoms with Crippen LogP contribution in [0, 0.1) is 10.6 Å². The molecular weight excluding hydrogens is 386 g/mol. The number of benzene rings is 2. The summed E-state index contributed by atoms with van der Waals surface area (Å²) in [7, 11) is 0. The molecule has 1 aromatic heterocycles. The van der Waals surface area contributed by atoms with Crippen LogP contribution < -0.4 is 0 Å². The predicted molar refractivity (Wildman–Crippen MR) is 86.1 cm³/mol. The lowest BCUT2D eigenvalue weighted by Gasteiger charge is -2.08. The van der Waals surface area contributed by atoms with Crippen LogP contribution in [0.1, 0.15) is 0 Å². The molecule has 1 N–H and O–H groups in total. The monoisotopic (exact) mass is 390 g/mol. The standard InChI is InChI=1S/C13H6BrCl2FN2S/c14-7-2-1-6(17)3-11(7)19-12-5-9(16)8(15)4-10(12)18-13(19)20/h1-5H,(H,18,20). The van der Waals surface area contributed by atoms with E-state index in [4.69, 9.17) is 35.4 Å². The third-order valence-corrected chi connectivity index (χ3v) is 4.55. The molecule has 1 heterocycles. The zero-order valence-corrected chi connectivity index (χ0v) is 13.7. The Hall–Kier alpha value is -0.880. The highest BCUT2D eigenvalue weighted by Gasteiger charge is 2.12. The van der Waals surface area contributed by atoms with Crippen LogP contribution in [-0.4, -0.2) is 9.55 Å². The number of halogens is 4. The van der Waals surface area contributed by atoms with Crippen LogP contribution in [0.4, 0.5) is 4.39 Å². The Labute approximate surface area is 137 Å². The summed E-state index contributed by atoms with van der Waals surface area (Å²) in [6, 6.07) is 7.79. The van der Waals surface area contributed by atoms with E-state index in [2.05, 4.69) is 20.9 Å². The van der Waals surface area contributed by atoms with Crippen LogP contribution >= 0.6 is 51.3 Å². The second-order valence-corrected chi connectivity index (χ2v) is 6.20. The molecule has 3 rings (SSSR count). The summed E-state index contributed by atoms with van der Waals surface area (Å²) in [5, 5.41) is 0.843. The van der Waals surface area contributed by atoms with E-state index in [1.54, 1.807) is 22.8 Å². The Morgan fingerprint density at radius 2 is 1.85 bits per heavy atom. The fourth-order valence-electron chi connectivity index (χ4n) is 2.00. The fourth-order valence-corrected chi connectivity index (χ4v) is 3.05. The predicted octanol–water partition coefficient (Wildman–Crippen LogP) is 5.90. The van der Waals surface area contributed by atoms with Crippen molar-refractivity contribution in [3.8, 4) is 5.69 Å². The van der Waals surface area contributed by atoms with Gasteiger partial charge >= 0.3 is 0 Å². The van der Waals surface area contributed by atoms with E-state index in [1.807, 2.05) is 0 Å². The smallest absolute Gasteiger partial charge is 0.182 e. The molecule has 0 unspecified atom stereocenters. The van der Waals surface area contributed by atoms with Gasteiger partial charge in [0.2, 0.25) is 0 Å². The first-order valence-corrected chi connectivity index (χ1v) is 7.48. The van der Waals surface area contributed by atoms with E-state index in [0.29, 0.717) is 20.5 Å². The van der Waals surface area contributed by atoms with Crippen LogP contribution in [0.3, 0.4) is 0 Å². The number of aromatic amines is 1. The van der Waals surface area contributed by atoms with Crippen molar-refractivity contribution in [2.45, 2.75) is 0 Å². The molecule has 2 aromatic carbocycles. The van der Waals surface area contributed by atoms with E-state index in [9.17, 15) is 4.39 Å². The van der Waals surface area contributed by atoms with Gasteiger partial charge in [0.05, 0.1) is 26.8 Å². The lowest BCUT2D eigenvalue weighted by atomic mass is 10.2. The molecule has 102 valence electrons. The number of hydrogen-bond donors (Lipinski definition) is 1. The van der Waals surface area contributed by atoms with Crippen molar-refractivity contribution in [1.29, 1.82) is 0 Å². The summed E-state index contributed by atoms with van der Waals surface area (Å²) in [6.45, 7) is 0. The zero-order chi connectivity index (χ0) is 14.4. The van der Waals surface area contributed by atoms with Crippen LogP contribution in [0.5, 0.6) is 0 Å². The van der Waals surface area contributed by atoms with Crippen molar-refractivity contribution < 1.29 is 4.39 Å². The van der Waals surface area contributed by atoms with Crippen LogP contribution in [0.2, 0.25) is 10.0 Å². The maximum absolute atomic E-state index is 13.5. The van der Waals surface area contributed by atoms with Gasteiger partial charge in [0.25, 0.3) is 0 Å². The summed E-state index contributed by atoms with van der Waals surface area (Å²) < 4.78 is 16.4. The molecule has 0 radical (unpaired) electrons. The van der Waals surface area contributed by atoms with Gasteiger partial charge in [-0.05, 0) is 58.5 Å². The SMILES string of the molecule is Fc1ccc(Br)c(-n2c(=S)[nH]c3cc(Cl)c(Cl)cc32)c1. The Balaban J connectivity index is 2.42. The summed E-state index contributed by atoms with van der Waals surface area (Å²) in [4.78, 5) is 3.03. The molecule has 0 amide bonds. The minimum Gasteiger partial charge on any atom is -0.330 e. The number of nitrogens with zero attached hydrogens (tertiary/aromatic N) is 1. The molecule has 0 saturated heterocycles. The van der Waals surface area contributed by atoms with Crippen molar-refractivity contribution in [2.24, 2.45) is 0 Å². The molecule has 0 aliphatic carbocycles. The van der Waals surface area contributed by atoms with E-state index < -0.39 is 0 Å². The second-order valence-electron chi connectivity index (χ2n) is 4.14. The third kappa shape index (κ3) is 2.29. The average Bonchev–Trinajstić information content (AvgIpc) is 2.69. The number of H-pyrrole nitrogens is 1. The number of hydrogen-bond acceptors (Lipinski definition) is 1. The Kier molecular flexibility index (Phi) is 3.62. The van der Waals surface area contributed by atoms with Gasteiger partial charge in [0.1, 0.15) is 5.82 Å². The van der Waals surface area contributed by atoms with Gasteiger partial charge in [0, 0.05) is 4.47 Å². The van der Waals surface area contributed by atoms with E-state index in [1.165, 1.54) is 12.1 Å². The summed E-state index contributed by atoms with van der Waals surface area (Å²) in [5.41, 5.74) is 2.07. The molecule has 0 saturated carbocycles. The van der Waals surface area contributed by atoms with Crippen LogP contribution in [0.15, 0.2) is 34.8 Å². The van der Waals surface area contributed by atoms with Crippen LogP contribution in [-0.2, 0) is 0 Å². The third-order valence-electron chi connectivity index (χ3n) is 2.87. The molecule has 20 heavy (non-hydrogen) atoms. The van der Waals surface area contributed by atoms with Crippen molar-refractivity contribution in [2.75, 3.05) is 0 Å². The molecule has 7 heteroatoms. The largest absolute Gasteiger partial charge is 0.330 e. The maximum Gasteiger partial charge on any atom is 0.182 e. The zero-order valence-electron chi connectivity index (χ0n) is 9.75. The van der Waals surface area contributed by atoms with Gasteiger partial charge in [0.15, 0.2) is 4.77 Å². The Morgan fingerprint density at radius 3 is 2.60 bits per heavy atom. The quantitative estimate of drug-likeness (QED) is 0.512. The van der Waals surface area contributed by atoms with E-state index in [-0.39, 0.29) is 5.82 Å². The highest BCUT2D eigenvalue weighted by molar-refractivity contribution is 9.10. The molecule has 0 aliphatic rings. The highest BCUT2D eigenvalue weighted by Crippen LogP contribution is 2.31. The maximum atomic E-state index is 13.5. The number of aromatic nitrogens is 2. The summed E-state index contributed by atoms with van der Waals surface area (Å²) in [5.74, 6) is -0.348. The Bertz CT molecular complexity index is 888. The first-order valence-electron chi connectivity index (χ1n) is 5.52. The van der Waals surface area contributed by atoms with Gasteiger partial charge in [-0.2, -0.15) is 0 Å². The first-order chi connectivity index (χ1) is 9.47. The lowest BCUT2D eigenvalue weighted by Crippen LogP contribution is -1.96. The summed E-state index contributed by atoms with van der Waals surface area (Å²) in [6.07, 6.45) is 0. The van der Waals surface area contributed by atoms with Crippen molar-refractivity contribution >= 4 is 62.4 Å². The molecule has 0 spiro atoms. The van der Waals surface area contributed by atoms with Gasteiger partial charge in [-0.25, -0.2) is 4.39 Å². The van der Waals surface area contributed by atoms with Crippen molar-refractivity contribution in [3.05, 3.63) is 55.4 Å². The molecule has 3 aromatic rings.